The first kappa shape index (κ1) is 15.0. The normalized spacial score (nSPS) is 10.6. The molecule has 0 unspecified atom stereocenters. The highest BCUT2D eigenvalue weighted by atomic mass is 32.1. The highest BCUT2D eigenvalue weighted by Crippen LogP contribution is 2.23. The summed E-state index contributed by atoms with van der Waals surface area (Å²) in [5.74, 6) is 0.334. The third kappa shape index (κ3) is 3.57. The van der Waals surface area contributed by atoms with Crippen LogP contribution in [0.3, 0.4) is 0 Å². The van der Waals surface area contributed by atoms with E-state index in [-0.39, 0.29) is 0 Å². The second kappa shape index (κ2) is 6.85. The van der Waals surface area contributed by atoms with E-state index in [9.17, 15) is 4.79 Å². The van der Waals surface area contributed by atoms with Gasteiger partial charge < -0.3 is 9.47 Å². The van der Waals surface area contributed by atoms with Crippen molar-refractivity contribution in [1.82, 2.24) is 4.98 Å². The Hall–Kier alpha value is -2.41. The molecule has 7 heteroatoms. The number of nitrogens with zero attached hydrogens (tertiary/aromatic N) is 2. The number of carbonyl (C=O) groups is 1. The molecule has 1 aromatic heterocycles. The van der Waals surface area contributed by atoms with E-state index in [2.05, 4.69) is 20.2 Å². The Balaban J connectivity index is 2.09. The number of hydrazone groups is 1. The summed E-state index contributed by atoms with van der Waals surface area (Å²) in [5.41, 5.74) is 4.25. The van der Waals surface area contributed by atoms with Crippen molar-refractivity contribution in [3.63, 3.8) is 0 Å². The van der Waals surface area contributed by atoms with E-state index in [0.717, 1.165) is 11.3 Å². The van der Waals surface area contributed by atoms with Gasteiger partial charge in [-0.15, -0.1) is 0 Å². The van der Waals surface area contributed by atoms with Crippen molar-refractivity contribution in [3.8, 4) is 5.75 Å². The molecule has 6 nitrogen and oxygen atoms in total. The molecule has 0 fully saturated rings. The molecular formula is C14H15N3O3S. The first-order chi connectivity index (χ1) is 10.2. The van der Waals surface area contributed by atoms with E-state index in [1.54, 1.807) is 20.2 Å². The molecule has 0 bridgehead atoms. The minimum atomic E-state index is -0.397. The van der Waals surface area contributed by atoms with Crippen LogP contribution in [-0.2, 0) is 4.74 Å². The maximum atomic E-state index is 11.5. The SMILES string of the molecule is COC(=O)c1sc(N/N=C\c2ccccc2OC)nc1C. The van der Waals surface area contributed by atoms with Gasteiger partial charge in [-0.05, 0) is 19.1 Å². The van der Waals surface area contributed by atoms with Crippen molar-refractivity contribution in [2.24, 2.45) is 5.10 Å². The average molecular weight is 305 g/mol. The largest absolute Gasteiger partial charge is 0.496 e. The van der Waals surface area contributed by atoms with Crippen LogP contribution in [0, 0.1) is 6.92 Å². The van der Waals surface area contributed by atoms with Crippen LogP contribution in [0.5, 0.6) is 5.75 Å². The number of nitrogens with one attached hydrogen (secondary N) is 1. The predicted molar refractivity (Wildman–Crippen MR) is 82.4 cm³/mol. The minimum Gasteiger partial charge on any atom is -0.496 e. The molecule has 2 rings (SSSR count). The molecule has 2 aromatic rings. The minimum absolute atomic E-state index is 0.397. The lowest BCUT2D eigenvalue weighted by Crippen LogP contribution is -1.99. The number of methoxy groups -OCH3 is 2. The number of aromatic nitrogens is 1. The highest BCUT2D eigenvalue weighted by molar-refractivity contribution is 7.17. The first-order valence-electron chi connectivity index (χ1n) is 6.13. The summed E-state index contributed by atoms with van der Waals surface area (Å²) in [5, 5.41) is 4.63. The van der Waals surface area contributed by atoms with Crippen LogP contribution in [0.4, 0.5) is 5.13 Å². The van der Waals surface area contributed by atoms with E-state index in [0.29, 0.717) is 15.7 Å². The van der Waals surface area contributed by atoms with Crippen LogP contribution in [0.1, 0.15) is 20.9 Å². The van der Waals surface area contributed by atoms with Gasteiger partial charge in [0.2, 0.25) is 5.13 Å². The van der Waals surface area contributed by atoms with E-state index in [1.807, 2.05) is 24.3 Å². The van der Waals surface area contributed by atoms with Crippen molar-refractivity contribution in [1.29, 1.82) is 0 Å². The summed E-state index contributed by atoms with van der Waals surface area (Å²) in [7, 11) is 2.95. The monoisotopic (exact) mass is 305 g/mol. The van der Waals surface area contributed by atoms with Crippen LogP contribution in [0.2, 0.25) is 0 Å². The van der Waals surface area contributed by atoms with Crippen LogP contribution < -0.4 is 10.2 Å². The second-order valence-electron chi connectivity index (χ2n) is 4.04. The molecule has 1 heterocycles. The predicted octanol–water partition coefficient (Wildman–Crippen LogP) is 2.69. The van der Waals surface area contributed by atoms with Gasteiger partial charge >= 0.3 is 5.97 Å². The summed E-state index contributed by atoms with van der Waals surface area (Å²) < 4.78 is 9.91. The lowest BCUT2D eigenvalue weighted by molar-refractivity contribution is 0.0605. The Labute approximate surface area is 126 Å². The topological polar surface area (TPSA) is 72.8 Å². The number of carbonyl (C=O) groups excluding carboxylic acids is 1. The maximum Gasteiger partial charge on any atom is 0.350 e. The number of benzene rings is 1. The summed E-state index contributed by atoms with van der Waals surface area (Å²) in [6.07, 6.45) is 1.63. The van der Waals surface area contributed by atoms with Gasteiger partial charge in [-0.3, -0.25) is 5.43 Å². The molecule has 110 valence electrons. The fraction of sp³-hybridized carbons (Fsp3) is 0.214. The number of anilines is 1. The zero-order valence-corrected chi connectivity index (χ0v) is 12.7. The Kier molecular flexibility index (Phi) is 4.89. The summed E-state index contributed by atoms with van der Waals surface area (Å²) in [6.45, 7) is 1.75. The molecule has 0 atom stereocenters. The van der Waals surface area contributed by atoms with Crippen LogP contribution >= 0.6 is 11.3 Å². The van der Waals surface area contributed by atoms with Crippen molar-refractivity contribution in [3.05, 3.63) is 40.4 Å². The van der Waals surface area contributed by atoms with E-state index in [4.69, 9.17) is 4.74 Å². The Morgan fingerprint density at radius 1 is 1.38 bits per heavy atom. The number of ether oxygens (including phenoxy) is 2. The third-order valence-electron chi connectivity index (χ3n) is 2.67. The summed E-state index contributed by atoms with van der Waals surface area (Å²) >= 11 is 1.20. The maximum absolute atomic E-state index is 11.5. The van der Waals surface area contributed by atoms with E-state index in [1.165, 1.54) is 18.4 Å². The fourth-order valence-corrected chi connectivity index (χ4v) is 2.49. The lowest BCUT2D eigenvalue weighted by atomic mass is 10.2. The lowest BCUT2D eigenvalue weighted by Gasteiger charge is -2.02. The number of hydrogen-bond acceptors (Lipinski definition) is 7. The van der Waals surface area contributed by atoms with E-state index >= 15 is 0 Å². The molecule has 0 radical (unpaired) electrons. The summed E-state index contributed by atoms with van der Waals surface area (Å²) in [6, 6.07) is 7.52. The molecule has 0 aliphatic carbocycles. The third-order valence-corrected chi connectivity index (χ3v) is 3.71. The van der Waals surface area contributed by atoms with Crippen LogP contribution in [0.25, 0.3) is 0 Å². The average Bonchev–Trinajstić information content (AvgIpc) is 2.88. The van der Waals surface area contributed by atoms with Crippen molar-refractivity contribution in [2.75, 3.05) is 19.6 Å². The fourth-order valence-electron chi connectivity index (χ4n) is 1.66. The van der Waals surface area contributed by atoms with Gasteiger partial charge in [0.15, 0.2) is 0 Å². The molecular weight excluding hydrogens is 290 g/mol. The van der Waals surface area contributed by atoms with Crippen LogP contribution in [-0.4, -0.2) is 31.4 Å². The Bertz CT molecular complexity index is 667. The number of aryl methyl sites for hydroxylation is 1. The van der Waals surface area contributed by atoms with Crippen molar-refractivity contribution in [2.45, 2.75) is 6.92 Å². The zero-order chi connectivity index (χ0) is 15.2. The second-order valence-corrected chi connectivity index (χ2v) is 5.04. The van der Waals surface area contributed by atoms with Gasteiger partial charge in [0.1, 0.15) is 10.6 Å². The van der Waals surface area contributed by atoms with Gasteiger partial charge in [0.25, 0.3) is 0 Å². The first-order valence-corrected chi connectivity index (χ1v) is 6.95. The van der Waals surface area contributed by atoms with Gasteiger partial charge in [-0.1, -0.05) is 23.5 Å². The van der Waals surface area contributed by atoms with Gasteiger partial charge in [0.05, 0.1) is 26.1 Å². The van der Waals surface area contributed by atoms with Crippen molar-refractivity contribution >= 4 is 28.7 Å². The van der Waals surface area contributed by atoms with Crippen molar-refractivity contribution < 1.29 is 14.3 Å². The molecule has 0 saturated heterocycles. The number of rotatable bonds is 5. The highest BCUT2D eigenvalue weighted by Gasteiger charge is 2.15. The molecule has 0 amide bonds. The molecule has 0 aliphatic heterocycles. The molecule has 1 N–H and O–H groups in total. The molecule has 0 aliphatic rings. The van der Waals surface area contributed by atoms with Gasteiger partial charge in [0, 0.05) is 5.56 Å². The zero-order valence-electron chi connectivity index (χ0n) is 11.9. The smallest absolute Gasteiger partial charge is 0.350 e. The molecule has 21 heavy (non-hydrogen) atoms. The summed E-state index contributed by atoms with van der Waals surface area (Å²) in [4.78, 5) is 16.2. The standard InChI is InChI=1S/C14H15N3O3S/c1-9-12(13(18)20-3)21-14(16-9)17-15-8-10-6-4-5-7-11(10)19-2/h4-8H,1-3H3,(H,16,17)/b15-8-. The Morgan fingerprint density at radius 3 is 2.86 bits per heavy atom. The number of hydrogen-bond donors (Lipinski definition) is 1. The van der Waals surface area contributed by atoms with E-state index < -0.39 is 5.97 Å². The molecule has 1 aromatic carbocycles. The molecule has 0 saturated carbocycles. The number of esters is 1. The van der Waals surface area contributed by atoms with Gasteiger partial charge in [-0.25, -0.2) is 9.78 Å². The van der Waals surface area contributed by atoms with Crippen LogP contribution in [0.15, 0.2) is 29.4 Å². The number of para-hydroxylation sites is 1. The Morgan fingerprint density at radius 2 is 2.14 bits per heavy atom. The number of thiazole rings is 1. The molecule has 0 spiro atoms. The van der Waals surface area contributed by atoms with Gasteiger partial charge in [-0.2, -0.15) is 5.10 Å². The quantitative estimate of drug-likeness (QED) is 0.522.